The summed E-state index contributed by atoms with van der Waals surface area (Å²) >= 11 is 0. The molecular weight excluding hydrogens is 270 g/mol. The second kappa shape index (κ2) is 8.44. The number of halogens is 2. The number of nitrogens with zero attached hydrogens (tertiary/aromatic N) is 1. The molecule has 0 heterocycles. The van der Waals surface area contributed by atoms with E-state index in [0.717, 1.165) is 25.8 Å². The molecule has 2 rings (SSSR count). The summed E-state index contributed by atoms with van der Waals surface area (Å²) in [6, 6.07) is 4.19. The van der Waals surface area contributed by atoms with Gasteiger partial charge in [-0.05, 0) is 50.6 Å². The highest BCUT2D eigenvalue weighted by molar-refractivity contribution is 5.18. The van der Waals surface area contributed by atoms with Crippen molar-refractivity contribution in [2.45, 2.75) is 57.5 Å². The Morgan fingerprint density at radius 2 is 1.81 bits per heavy atom. The molecule has 2 nitrogen and oxygen atoms in total. The van der Waals surface area contributed by atoms with Gasteiger partial charge in [-0.1, -0.05) is 25.7 Å². The van der Waals surface area contributed by atoms with E-state index in [1.807, 2.05) is 0 Å². The van der Waals surface area contributed by atoms with E-state index in [1.54, 1.807) is 0 Å². The zero-order valence-electron chi connectivity index (χ0n) is 12.7. The van der Waals surface area contributed by atoms with Crippen LogP contribution in [0.3, 0.4) is 0 Å². The first-order valence-corrected chi connectivity index (χ1v) is 8.08. The third-order valence-electron chi connectivity index (χ3n) is 4.37. The molecule has 0 saturated heterocycles. The minimum absolute atomic E-state index is 0.317. The summed E-state index contributed by atoms with van der Waals surface area (Å²) in [5.74, 6) is -0.686. The van der Waals surface area contributed by atoms with Crippen LogP contribution in [0, 0.1) is 11.6 Å². The topological polar surface area (TPSA) is 29.3 Å². The molecule has 0 aromatic heterocycles. The number of benzene rings is 1. The molecule has 0 bridgehead atoms. The van der Waals surface area contributed by atoms with Crippen LogP contribution >= 0.6 is 0 Å². The van der Waals surface area contributed by atoms with E-state index in [4.69, 9.17) is 5.73 Å². The van der Waals surface area contributed by atoms with Gasteiger partial charge in [0.1, 0.15) is 11.6 Å². The lowest BCUT2D eigenvalue weighted by Gasteiger charge is -2.31. The molecule has 0 aliphatic heterocycles. The molecule has 0 atom stereocenters. The normalized spacial score (nSPS) is 17.1. The van der Waals surface area contributed by atoms with E-state index in [9.17, 15) is 8.78 Å². The Hall–Kier alpha value is -1.00. The van der Waals surface area contributed by atoms with E-state index in [0.29, 0.717) is 24.7 Å². The van der Waals surface area contributed by atoms with Gasteiger partial charge in [-0.25, -0.2) is 8.78 Å². The van der Waals surface area contributed by atoms with Crippen LogP contribution in [0.25, 0.3) is 0 Å². The van der Waals surface area contributed by atoms with Gasteiger partial charge in [-0.2, -0.15) is 0 Å². The van der Waals surface area contributed by atoms with Gasteiger partial charge in [0.25, 0.3) is 0 Å². The number of hydrogen-bond acceptors (Lipinski definition) is 2. The highest BCUT2D eigenvalue weighted by Gasteiger charge is 2.21. The predicted molar refractivity (Wildman–Crippen MR) is 81.9 cm³/mol. The van der Waals surface area contributed by atoms with E-state index < -0.39 is 0 Å². The average molecular weight is 296 g/mol. The van der Waals surface area contributed by atoms with Crippen molar-refractivity contribution in [3.63, 3.8) is 0 Å². The highest BCUT2D eigenvalue weighted by atomic mass is 19.1. The van der Waals surface area contributed by atoms with Crippen LogP contribution in [0.1, 0.15) is 50.5 Å². The minimum Gasteiger partial charge on any atom is -0.330 e. The molecule has 1 fully saturated rings. The van der Waals surface area contributed by atoms with E-state index >= 15 is 0 Å². The summed E-state index contributed by atoms with van der Waals surface area (Å²) in [5, 5.41) is 0. The standard InChI is InChI=1S/C17H26F2N2/c18-15-8-9-17(19)14(12-15)13-21(11-5-10-20)16-6-3-1-2-4-7-16/h8-9,12,16H,1-7,10-11,13,20H2. The lowest BCUT2D eigenvalue weighted by atomic mass is 10.0. The molecule has 1 aromatic carbocycles. The maximum absolute atomic E-state index is 13.9. The molecule has 0 amide bonds. The molecule has 4 heteroatoms. The summed E-state index contributed by atoms with van der Waals surface area (Å²) in [4.78, 5) is 2.30. The van der Waals surface area contributed by atoms with Crippen LogP contribution in [-0.2, 0) is 6.54 Å². The van der Waals surface area contributed by atoms with Crippen LogP contribution in [0.2, 0.25) is 0 Å². The van der Waals surface area contributed by atoms with Crippen molar-refractivity contribution in [3.05, 3.63) is 35.4 Å². The van der Waals surface area contributed by atoms with Gasteiger partial charge >= 0.3 is 0 Å². The Morgan fingerprint density at radius 1 is 1.10 bits per heavy atom. The third kappa shape index (κ3) is 5.04. The Balaban J connectivity index is 2.08. The van der Waals surface area contributed by atoms with Crippen molar-refractivity contribution in [2.24, 2.45) is 5.73 Å². The summed E-state index contributed by atoms with van der Waals surface area (Å²) in [6.45, 7) is 1.97. The van der Waals surface area contributed by atoms with Crippen LogP contribution in [0.5, 0.6) is 0 Å². The minimum atomic E-state index is -0.369. The summed E-state index contributed by atoms with van der Waals surface area (Å²) in [6.07, 6.45) is 8.24. The fourth-order valence-electron chi connectivity index (χ4n) is 3.19. The molecule has 1 saturated carbocycles. The molecule has 0 spiro atoms. The summed E-state index contributed by atoms with van der Waals surface area (Å²) in [7, 11) is 0. The van der Waals surface area contributed by atoms with Crippen molar-refractivity contribution in [1.29, 1.82) is 0 Å². The quantitative estimate of drug-likeness (QED) is 0.808. The zero-order chi connectivity index (χ0) is 15.1. The molecule has 0 unspecified atom stereocenters. The largest absolute Gasteiger partial charge is 0.330 e. The predicted octanol–water partition coefficient (Wildman–Crippen LogP) is 3.84. The van der Waals surface area contributed by atoms with Crippen molar-refractivity contribution >= 4 is 0 Å². The number of nitrogens with two attached hydrogens (primary N) is 1. The van der Waals surface area contributed by atoms with Gasteiger partial charge in [0.2, 0.25) is 0 Å². The van der Waals surface area contributed by atoms with Gasteiger partial charge in [0.15, 0.2) is 0 Å². The molecule has 1 aliphatic carbocycles. The molecule has 1 aliphatic rings. The molecule has 2 N–H and O–H groups in total. The van der Waals surface area contributed by atoms with Gasteiger partial charge in [-0.3, -0.25) is 4.90 Å². The van der Waals surface area contributed by atoms with Gasteiger partial charge in [0.05, 0.1) is 0 Å². The Morgan fingerprint density at radius 3 is 2.48 bits per heavy atom. The average Bonchev–Trinajstić information content (AvgIpc) is 2.76. The lowest BCUT2D eigenvalue weighted by molar-refractivity contribution is 0.167. The van der Waals surface area contributed by atoms with E-state index in [-0.39, 0.29) is 11.6 Å². The Bertz CT molecular complexity index is 429. The summed E-state index contributed by atoms with van der Waals surface area (Å²) < 4.78 is 27.2. The van der Waals surface area contributed by atoms with Gasteiger partial charge in [0, 0.05) is 18.2 Å². The first kappa shape index (κ1) is 16.4. The fraction of sp³-hybridized carbons (Fsp3) is 0.647. The Labute approximate surface area is 126 Å². The molecule has 0 radical (unpaired) electrons. The number of rotatable bonds is 6. The number of hydrogen-bond donors (Lipinski definition) is 1. The highest BCUT2D eigenvalue weighted by Crippen LogP contribution is 2.24. The van der Waals surface area contributed by atoms with Crippen LogP contribution < -0.4 is 5.73 Å². The molecular formula is C17H26F2N2. The van der Waals surface area contributed by atoms with Crippen molar-refractivity contribution in [2.75, 3.05) is 13.1 Å². The molecule has 21 heavy (non-hydrogen) atoms. The van der Waals surface area contributed by atoms with E-state index in [2.05, 4.69) is 4.90 Å². The SMILES string of the molecule is NCCCN(Cc1cc(F)ccc1F)C1CCCCCC1. The van der Waals surface area contributed by atoms with Gasteiger partial charge < -0.3 is 5.73 Å². The van der Waals surface area contributed by atoms with Gasteiger partial charge in [-0.15, -0.1) is 0 Å². The first-order valence-electron chi connectivity index (χ1n) is 8.08. The summed E-state index contributed by atoms with van der Waals surface area (Å²) in [5.41, 5.74) is 6.08. The second-order valence-corrected chi connectivity index (χ2v) is 5.99. The maximum atomic E-state index is 13.9. The molecule has 1 aromatic rings. The monoisotopic (exact) mass is 296 g/mol. The van der Waals surface area contributed by atoms with Crippen LogP contribution in [0.4, 0.5) is 8.78 Å². The fourth-order valence-corrected chi connectivity index (χ4v) is 3.19. The lowest BCUT2D eigenvalue weighted by Crippen LogP contribution is -2.36. The zero-order valence-corrected chi connectivity index (χ0v) is 12.7. The first-order chi connectivity index (χ1) is 10.2. The van der Waals surface area contributed by atoms with E-state index in [1.165, 1.54) is 43.9 Å². The smallest absolute Gasteiger partial charge is 0.127 e. The van der Waals surface area contributed by atoms with Crippen molar-refractivity contribution < 1.29 is 8.78 Å². The Kier molecular flexibility index (Phi) is 6.58. The molecule has 118 valence electrons. The van der Waals surface area contributed by atoms with Crippen LogP contribution in [-0.4, -0.2) is 24.0 Å². The van der Waals surface area contributed by atoms with Crippen molar-refractivity contribution in [3.8, 4) is 0 Å². The van der Waals surface area contributed by atoms with Crippen molar-refractivity contribution in [1.82, 2.24) is 4.90 Å². The second-order valence-electron chi connectivity index (χ2n) is 5.99. The maximum Gasteiger partial charge on any atom is 0.127 e. The third-order valence-corrected chi connectivity index (χ3v) is 4.37. The van der Waals surface area contributed by atoms with Crippen LogP contribution in [0.15, 0.2) is 18.2 Å².